The van der Waals surface area contributed by atoms with Gasteiger partial charge in [0.2, 0.25) is 0 Å². The van der Waals surface area contributed by atoms with Gasteiger partial charge in [0.25, 0.3) is 0 Å². The molecule has 1 amide bonds. The van der Waals surface area contributed by atoms with Crippen LogP contribution in [0.3, 0.4) is 0 Å². The Labute approximate surface area is 138 Å². The lowest BCUT2D eigenvalue weighted by Gasteiger charge is -2.07. The summed E-state index contributed by atoms with van der Waals surface area (Å²) in [5, 5.41) is 2.84. The Morgan fingerprint density at radius 3 is 1.68 bits per heavy atom. The predicted molar refractivity (Wildman–Crippen MR) is 95.3 cm³/mol. The number of hydrogen-bond acceptors (Lipinski definition) is 2. The van der Waals surface area contributed by atoms with E-state index in [9.17, 15) is 4.79 Å². The van der Waals surface area contributed by atoms with Crippen molar-refractivity contribution in [1.82, 2.24) is 5.32 Å². The smallest absolute Gasteiger partial charge is 0.407 e. The van der Waals surface area contributed by atoms with Crippen molar-refractivity contribution in [2.24, 2.45) is 0 Å². The van der Waals surface area contributed by atoms with E-state index in [1.807, 2.05) is 0 Å². The lowest BCUT2D eigenvalue weighted by atomic mass is 10.1. The molecule has 0 aliphatic rings. The van der Waals surface area contributed by atoms with Crippen LogP contribution in [0.2, 0.25) is 0 Å². The average Bonchev–Trinajstić information content (AvgIpc) is 2.52. The van der Waals surface area contributed by atoms with Gasteiger partial charge >= 0.3 is 6.09 Å². The number of alkyl carbamates (subject to hydrolysis) is 1. The fourth-order valence-corrected chi connectivity index (χ4v) is 2.55. The molecule has 0 aromatic heterocycles. The number of nitrogens with one attached hydrogen (secondary N) is 1. The average molecular weight is 314 g/mol. The molecule has 0 bridgehead atoms. The highest BCUT2D eigenvalue weighted by Gasteiger charge is 2.00. The topological polar surface area (TPSA) is 38.3 Å². The van der Waals surface area contributed by atoms with Crippen LogP contribution in [-0.4, -0.2) is 19.2 Å². The summed E-state index contributed by atoms with van der Waals surface area (Å²) in [7, 11) is 0. The number of amides is 1. The van der Waals surface area contributed by atoms with Crippen molar-refractivity contribution in [3.8, 4) is 0 Å². The molecule has 0 atom stereocenters. The minimum atomic E-state index is -0.243. The van der Waals surface area contributed by atoms with Gasteiger partial charge in [0.05, 0.1) is 6.61 Å². The maximum Gasteiger partial charge on any atom is 0.407 e. The Kier molecular flexibility index (Phi) is 17.7. The van der Waals surface area contributed by atoms with Gasteiger partial charge in [-0.1, -0.05) is 90.9 Å². The number of unbranched alkanes of at least 4 members (excludes halogenated alkanes) is 12. The number of ether oxygens (including phenoxy) is 1. The molecule has 0 heterocycles. The van der Waals surface area contributed by atoms with Crippen molar-refractivity contribution >= 4 is 6.09 Å². The van der Waals surface area contributed by atoms with Crippen molar-refractivity contribution in [3.05, 3.63) is 0 Å². The first-order valence-corrected chi connectivity index (χ1v) is 9.71. The zero-order chi connectivity index (χ0) is 16.3. The molecule has 132 valence electrons. The van der Waals surface area contributed by atoms with E-state index < -0.39 is 0 Å². The van der Waals surface area contributed by atoms with Crippen LogP contribution in [-0.2, 0) is 4.74 Å². The van der Waals surface area contributed by atoms with Crippen LogP contribution in [0.5, 0.6) is 0 Å². The van der Waals surface area contributed by atoms with E-state index in [1.54, 1.807) is 0 Å². The fraction of sp³-hybridized carbons (Fsp3) is 0.947. The number of carbonyl (C=O) groups excluding carboxylic acids is 1. The summed E-state index contributed by atoms with van der Waals surface area (Å²) in [6.07, 6.45) is 17.5. The van der Waals surface area contributed by atoms with Crippen LogP contribution in [0.1, 0.15) is 104 Å². The first-order chi connectivity index (χ1) is 10.8. The van der Waals surface area contributed by atoms with Crippen molar-refractivity contribution in [1.29, 1.82) is 0 Å². The van der Waals surface area contributed by atoms with Crippen LogP contribution < -0.4 is 5.32 Å². The number of rotatable bonds is 16. The van der Waals surface area contributed by atoms with Gasteiger partial charge in [0, 0.05) is 6.54 Å². The van der Waals surface area contributed by atoms with Crippen molar-refractivity contribution < 1.29 is 9.53 Å². The maximum atomic E-state index is 11.4. The third-order valence-electron chi connectivity index (χ3n) is 4.03. The molecule has 3 nitrogen and oxygen atoms in total. The van der Waals surface area contributed by atoms with Gasteiger partial charge < -0.3 is 10.1 Å². The molecule has 1 N–H and O–H groups in total. The Bertz CT molecular complexity index is 231. The molecule has 0 saturated heterocycles. The van der Waals surface area contributed by atoms with Crippen LogP contribution in [0, 0.1) is 0 Å². The van der Waals surface area contributed by atoms with Crippen LogP contribution in [0.4, 0.5) is 4.79 Å². The second-order valence-corrected chi connectivity index (χ2v) is 6.31. The van der Waals surface area contributed by atoms with Crippen molar-refractivity contribution in [2.75, 3.05) is 13.2 Å². The molecule has 0 aromatic rings. The number of carbonyl (C=O) groups is 1. The Balaban J connectivity index is 3.10. The van der Waals surface area contributed by atoms with Gasteiger partial charge in [0.15, 0.2) is 0 Å². The molecule has 22 heavy (non-hydrogen) atoms. The van der Waals surface area contributed by atoms with E-state index in [-0.39, 0.29) is 6.09 Å². The molecule has 0 radical (unpaired) electrons. The summed E-state index contributed by atoms with van der Waals surface area (Å²) < 4.78 is 5.13. The molecule has 0 aromatic carbocycles. The van der Waals surface area contributed by atoms with Crippen molar-refractivity contribution in [3.63, 3.8) is 0 Å². The molecule has 0 aliphatic carbocycles. The van der Waals surface area contributed by atoms with Gasteiger partial charge in [-0.2, -0.15) is 0 Å². The zero-order valence-electron chi connectivity index (χ0n) is 15.1. The van der Waals surface area contributed by atoms with Crippen LogP contribution >= 0.6 is 0 Å². The molecule has 0 fully saturated rings. The molecule has 0 spiro atoms. The monoisotopic (exact) mass is 313 g/mol. The van der Waals surface area contributed by atoms with E-state index in [4.69, 9.17) is 4.74 Å². The number of hydrogen-bond donors (Lipinski definition) is 1. The minimum absolute atomic E-state index is 0.243. The Hall–Kier alpha value is -0.730. The highest BCUT2D eigenvalue weighted by atomic mass is 16.5. The highest BCUT2D eigenvalue weighted by Crippen LogP contribution is 2.10. The summed E-state index contributed by atoms with van der Waals surface area (Å²) in [6.45, 7) is 5.75. The first-order valence-electron chi connectivity index (χ1n) is 9.71. The van der Waals surface area contributed by atoms with E-state index in [0.29, 0.717) is 6.61 Å². The van der Waals surface area contributed by atoms with E-state index in [1.165, 1.54) is 70.6 Å². The van der Waals surface area contributed by atoms with E-state index in [2.05, 4.69) is 19.2 Å². The lowest BCUT2D eigenvalue weighted by Crippen LogP contribution is -2.25. The summed E-state index contributed by atoms with van der Waals surface area (Å²) in [5.74, 6) is 0. The summed E-state index contributed by atoms with van der Waals surface area (Å²) >= 11 is 0. The standard InChI is InChI=1S/C19H39NO2/c1-3-5-7-9-10-11-12-13-14-15-17-20-19(21)22-18-16-8-6-4-2/h3-18H2,1-2H3,(H,20,21). The Morgan fingerprint density at radius 2 is 1.14 bits per heavy atom. The molecular weight excluding hydrogens is 274 g/mol. The third kappa shape index (κ3) is 17.3. The molecular formula is C19H39NO2. The second kappa shape index (κ2) is 18.3. The third-order valence-corrected chi connectivity index (χ3v) is 4.03. The van der Waals surface area contributed by atoms with Gasteiger partial charge in [-0.25, -0.2) is 4.79 Å². The molecule has 0 aliphatic heterocycles. The normalized spacial score (nSPS) is 10.6. The maximum absolute atomic E-state index is 11.4. The Morgan fingerprint density at radius 1 is 0.682 bits per heavy atom. The molecule has 3 heteroatoms. The summed E-state index contributed by atoms with van der Waals surface area (Å²) in [4.78, 5) is 11.4. The second-order valence-electron chi connectivity index (χ2n) is 6.31. The van der Waals surface area contributed by atoms with Crippen LogP contribution in [0.25, 0.3) is 0 Å². The molecule has 0 unspecified atom stereocenters. The van der Waals surface area contributed by atoms with E-state index >= 15 is 0 Å². The summed E-state index contributed by atoms with van der Waals surface area (Å²) in [5.41, 5.74) is 0. The zero-order valence-corrected chi connectivity index (χ0v) is 15.1. The SMILES string of the molecule is CCCCCCCCCCCCNC(=O)OCCCCCC. The van der Waals surface area contributed by atoms with Crippen LogP contribution in [0.15, 0.2) is 0 Å². The van der Waals surface area contributed by atoms with Gasteiger partial charge in [-0.05, 0) is 12.8 Å². The van der Waals surface area contributed by atoms with Gasteiger partial charge in [-0.15, -0.1) is 0 Å². The quantitative estimate of drug-likeness (QED) is 0.344. The largest absolute Gasteiger partial charge is 0.450 e. The first kappa shape index (κ1) is 21.3. The molecule has 0 saturated carbocycles. The van der Waals surface area contributed by atoms with E-state index in [0.717, 1.165) is 25.8 Å². The minimum Gasteiger partial charge on any atom is -0.450 e. The fourth-order valence-electron chi connectivity index (χ4n) is 2.55. The van der Waals surface area contributed by atoms with Crippen molar-refractivity contribution in [2.45, 2.75) is 104 Å². The predicted octanol–water partition coefficient (Wildman–Crippen LogP) is 6.21. The molecule has 0 rings (SSSR count). The summed E-state index contributed by atoms with van der Waals surface area (Å²) in [6, 6.07) is 0. The highest BCUT2D eigenvalue weighted by molar-refractivity contribution is 5.66. The van der Waals surface area contributed by atoms with Gasteiger partial charge in [0.1, 0.15) is 0 Å². The lowest BCUT2D eigenvalue weighted by molar-refractivity contribution is 0.143. The van der Waals surface area contributed by atoms with Gasteiger partial charge in [-0.3, -0.25) is 0 Å².